The van der Waals surface area contributed by atoms with E-state index in [1.807, 2.05) is 24.3 Å². The molecule has 1 atom stereocenters. The van der Waals surface area contributed by atoms with Crippen LogP contribution >= 0.6 is 32.9 Å². The van der Waals surface area contributed by atoms with Gasteiger partial charge in [-0.15, -0.1) is 17.0 Å². The lowest BCUT2D eigenvalue weighted by Gasteiger charge is -2.32. The third-order valence-electron chi connectivity index (χ3n) is 4.96. The largest absolute Gasteiger partial charge is 0.486 e. The number of unbranched alkanes of at least 4 members (excludes halogenated alkanes) is 9. The highest BCUT2D eigenvalue weighted by molar-refractivity contribution is 9.10. The smallest absolute Gasteiger partial charge is 0.120 e. The Labute approximate surface area is 180 Å². The first-order valence-corrected chi connectivity index (χ1v) is 10.9. The average Bonchev–Trinajstić information content (AvgIpc) is 2.58. The maximum atomic E-state index is 6.40. The summed E-state index contributed by atoms with van der Waals surface area (Å²) in [6.07, 6.45) is 14.6. The molecule has 0 saturated heterocycles. The fourth-order valence-corrected chi connectivity index (χ4v) is 3.35. The Balaban J connectivity index is 0.00000625. The molecule has 26 heavy (non-hydrogen) atoms. The zero-order valence-electron chi connectivity index (χ0n) is 16.9. The van der Waals surface area contributed by atoms with Gasteiger partial charge < -0.3 is 10.5 Å². The summed E-state index contributed by atoms with van der Waals surface area (Å²) in [7, 11) is 0. The molecule has 0 spiro atoms. The molecule has 0 amide bonds. The molecule has 1 aromatic rings. The van der Waals surface area contributed by atoms with Gasteiger partial charge in [0.25, 0.3) is 0 Å². The van der Waals surface area contributed by atoms with E-state index < -0.39 is 0 Å². The van der Waals surface area contributed by atoms with Gasteiger partial charge >= 0.3 is 0 Å². The van der Waals surface area contributed by atoms with E-state index in [0.29, 0.717) is 0 Å². The number of rotatable bonds is 14. The van der Waals surface area contributed by atoms with Gasteiger partial charge in [-0.2, -0.15) is 0 Å². The molecule has 4 heteroatoms. The summed E-state index contributed by atoms with van der Waals surface area (Å²) in [5.74, 6) is 0.881. The van der Waals surface area contributed by atoms with Gasteiger partial charge in [0.15, 0.2) is 0 Å². The molecule has 0 radical (unpaired) electrons. The maximum Gasteiger partial charge on any atom is 0.120 e. The number of benzene rings is 1. The van der Waals surface area contributed by atoms with E-state index in [1.165, 1.54) is 64.2 Å². The third-order valence-corrected chi connectivity index (χ3v) is 5.48. The molecular weight excluding hydrogens is 454 g/mol. The molecule has 1 aromatic carbocycles. The fraction of sp³-hybridized carbons (Fsp3) is 0.727. The Morgan fingerprint density at radius 3 is 1.85 bits per heavy atom. The topological polar surface area (TPSA) is 35.2 Å². The van der Waals surface area contributed by atoms with Gasteiger partial charge in [0.05, 0.1) is 0 Å². The predicted octanol–water partition coefficient (Wildman–Crippen LogP) is 7.82. The van der Waals surface area contributed by atoms with Crippen molar-refractivity contribution in [2.45, 2.75) is 103 Å². The minimum atomic E-state index is -0.340. The van der Waals surface area contributed by atoms with Crippen molar-refractivity contribution in [3.8, 4) is 5.75 Å². The van der Waals surface area contributed by atoms with Gasteiger partial charge in [-0.3, -0.25) is 0 Å². The molecule has 2 nitrogen and oxygen atoms in total. The van der Waals surface area contributed by atoms with Crippen molar-refractivity contribution in [1.82, 2.24) is 0 Å². The SMILES string of the molecule is Br.CCCCCCCCCCCCC(N)C(C)(C)Oc1ccc(Br)cc1. The van der Waals surface area contributed by atoms with Crippen LogP contribution in [0, 0.1) is 0 Å². The van der Waals surface area contributed by atoms with Crippen molar-refractivity contribution >= 4 is 32.9 Å². The minimum absolute atomic E-state index is 0. The maximum absolute atomic E-state index is 6.40. The Morgan fingerprint density at radius 2 is 1.35 bits per heavy atom. The van der Waals surface area contributed by atoms with Crippen LogP contribution in [0.1, 0.15) is 91.4 Å². The van der Waals surface area contributed by atoms with Crippen molar-refractivity contribution in [2.24, 2.45) is 5.73 Å². The van der Waals surface area contributed by atoms with Crippen molar-refractivity contribution < 1.29 is 4.74 Å². The Morgan fingerprint density at radius 1 is 0.885 bits per heavy atom. The Hall–Kier alpha value is -0.0600. The van der Waals surface area contributed by atoms with Crippen LogP contribution in [0.4, 0.5) is 0 Å². The first-order valence-electron chi connectivity index (χ1n) is 10.2. The Bertz CT molecular complexity index is 448. The van der Waals surface area contributed by atoms with Crippen LogP contribution in [0.15, 0.2) is 28.7 Å². The molecule has 1 rings (SSSR count). The molecule has 1 unspecified atom stereocenters. The standard InChI is InChI=1S/C22H38BrNO.BrH/c1-4-5-6-7-8-9-10-11-12-13-14-21(24)22(2,3)25-20-17-15-19(23)16-18-20;/h15-18,21H,4-14,24H2,1-3H3;1H. The summed E-state index contributed by atoms with van der Waals surface area (Å²) >= 11 is 3.45. The lowest BCUT2D eigenvalue weighted by molar-refractivity contribution is 0.0752. The summed E-state index contributed by atoms with van der Waals surface area (Å²) in [5, 5.41) is 0. The van der Waals surface area contributed by atoms with Crippen LogP contribution in [0.3, 0.4) is 0 Å². The monoisotopic (exact) mass is 491 g/mol. The van der Waals surface area contributed by atoms with Gasteiger partial charge in [-0.25, -0.2) is 0 Å². The van der Waals surface area contributed by atoms with Gasteiger partial charge in [0.2, 0.25) is 0 Å². The van der Waals surface area contributed by atoms with Gasteiger partial charge in [0, 0.05) is 10.5 Å². The molecule has 0 aliphatic rings. The van der Waals surface area contributed by atoms with E-state index in [0.717, 1.165) is 16.6 Å². The normalized spacial score (nSPS) is 12.5. The van der Waals surface area contributed by atoms with Gasteiger partial charge in [-0.1, -0.05) is 87.1 Å². The van der Waals surface area contributed by atoms with E-state index >= 15 is 0 Å². The highest BCUT2D eigenvalue weighted by Gasteiger charge is 2.28. The van der Waals surface area contributed by atoms with Gasteiger partial charge in [-0.05, 0) is 44.5 Å². The fourth-order valence-electron chi connectivity index (χ4n) is 3.08. The molecular formula is C22H39Br2NO. The second-order valence-electron chi connectivity index (χ2n) is 7.74. The first-order chi connectivity index (χ1) is 12.0. The molecule has 0 aliphatic heterocycles. The number of halogens is 2. The molecule has 0 fully saturated rings. The van der Waals surface area contributed by atoms with E-state index in [9.17, 15) is 0 Å². The summed E-state index contributed by atoms with van der Waals surface area (Å²) in [5.41, 5.74) is 6.06. The van der Waals surface area contributed by atoms with E-state index in [4.69, 9.17) is 10.5 Å². The summed E-state index contributed by atoms with van der Waals surface area (Å²) < 4.78 is 7.18. The summed E-state index contributed by atoms with van der Waals surface area (Å²) in [4.78, 5) is 0. The average molecular weight is 493 g/mol. The van der Waals surface area contributed by atoms with E-state index in [-0.39, 0.29) is 28.6 Å². The van der Waals surface area contributed by atoms with Crippen molar-refractivity contribution in [3.63, 3.8) is 0 Å². The molecule has 0 saturated carbocycles. The van der Waals surface area contributed by atoms with Crippen molar-refractivity contribution in [3.05, 3.63) is 28.7 Å². The molecule has 152 valence electrons. The number of nitrogens with two attached hydrogens (primary N) is 1. The first kappa shape index (κ1) is 25.9. The lowest BCUT2D eigenvalue weighted by atomic mass is 9.93. The Kier molecular flexibility index (Phi) is 14.9. The highest BCUT2D eigenvalue weighted by atomic mass is 79.9. The van der Waals surface area contributed by atoms with Crippen molar-refractivity contribution in [2.75, 3.05) is 0 Å². The lowest BCUT2D eigenvalue weighted by Crippen LogP contribution is -2.47. The molecule has 0 aliphatic carbocycles. The third kappa shape index (κ3) is 11.6. The van der Waals surface area contributed by atoms with Crippen LogP contribution in [-0.4, -0.2) is 11.6 Å². The van der Waals surface area contributed by atoms with Crippen molar-refractivity contribution in [1.29, 1.82) is 0 Å². The van der Waals surface area contributed by atoms with Gasteiger partial charge in [0.1, 0.15) is 11.4 Å². The number of hydrogen-bond donors (Lipinski definition) is 1. The quantitative estimate of drug-likeness (QED) is 0.268. The second-order valence-corrected chi connectivity index (χ2v) is 8.65. The number of ether oxygens (including phenoxy) is 1. The second kappa shape index (κ2) is 14.9. The minimum Gasteiger partial charge on any atom is -0.486 e. The molecule has 2 N–H and O–H groups in total. The molecule has 0 heterocycles. The van der Waals surface area contributed by atoms with Crippen LogP contribution in [-0.2, 0) is 0 Å². The van der Waals surface area contributed by atoms with Crippen LogP contribution in [0.5, 0.6) is 5.75 Å². The summed E-state index contributed by atoms with van der Waals surface area (Å²) in [6, 6.07) is 8.03. The summed E-state index contributed by atoms with van der Waals surface area (Å²) in [6.45, 7) is 6.46. The van der Waals surface area contributed by atoms with Crippen LogP contribution < -0.4 is 10.5 Å². The molecule has 0 bridgehead atoms. The van der Waals surface area contributed by atoms with E-state index in [1.54, 1.807) is 0 Å². The van der Waals surface area contributed by atoms with Crippen LogP contribution in [0.25, 0.3) is 0 Å². The predicted molar refractivity (Wildman–Crippen MR) is 124 cm³/mol. The highest BCUT2D eigenvalue weighted by Crippen LogP contribution is 2.24. The zero-order chi connectivity index (χ0) is 18.5. The zero-order valence-corrected chi connectivity index (χ0v) is 20.2. The van der Waals surface area contributed by atoms with E-state index in [2.05, 4.69) is 36.7 Å². The molecule has 0 aromatic heterocycles. The number of hydrogen-bond acceptors (Lipinski definition) is 2. The van der Waals surface area contributed by atoms with Crippen LogP contribution in [0.2, 0.25) is 0 Å².